The molecular weight excluding hydrogens is 406 g/mol. The molecule has 0 radical (unpaired) electrons. The summed E-state index contributed by atoms with van der Waals surface area (Å²) >= 11 is 7.92. The number of anilines is 1. The van der Waals surface area contributed by atoms with Gasteiger partial charge < -0.3 is 14.5 Å². The maximum atomic E-state index is 12.7. The van der Waals surface area contributed by atoms with Crippen LogP contribution in [0.25, 0.3) is 10.2 Å². The molecule has 0 bridgehead atoms. The molecule has 1 fully saturated rings. The molecule has 29 heavy (non-hydrogen) atoms. The van der Waals surface area contributed by atoms with E-state index in [1.165, 1.54) is 5.56 Å². The maximum absolute atomic E-state index is 12.7. The molecule has 7 heteroatoms. The Balaban J connectivity index is 1.40. The van der Waals surface area contributed by atoms with Gasteiger partial charge >= 0.3 is 0 Å². The van der Waals surface area contributed by atoms with Crippen LogP contribution in [0.2, 0.25) is 5.02 Å². The topological polar surface area (TPSA) is 45.7 Å². The zero-order valence-corrected chi connectivity index (χ0v) is 18.2. The molecule has 0 N–H and O–H groups in total. The van der Waals surface area contributed by atoms with Gasteiger partial charge in [0.1, 0.15) is 11.3 Å². The van der Waals surface area contributed by atoms with Crippen molar-refractivity contribution in [3.05, 3.63) is 52.5 Å². The van der Waals surface area contributed by atoms with Crippen LogP contribution >= 0.6 is 22.9 Å². The predicted octanol–water partition coefficient (Wildman–Crippen LogP) is 4.41. The molecule has 3 aromatic rings. The Labute approximate surface area is 179 Å². The average molecular weight is 430 g/mol. The first-order valence-electron chi connectivity index (χ1n) is 9.82. The van der Waals surface area contributed by atoms with Gasteiger partial charge in [0.15, 0.2) is 5.13 Å². The van der Waals surface area contributed by atoms with Gasteiger partial charge in [0.2, 0.25) is 5.91 Å². The number of fused-ring (bicyclic) bond motifs is 1. The van der Waals surface area contributed by atoms with Crippen LogP contribution in [0.15, 0.2) is 36.4 Å². The van der Waals surface area contributed by atoms with Crippen LogP contribution in [-0.4, -0.2) is 49.1 Å². The zero-order valence-electron chi connectivity index (χ0n) is 16.7. The largest absolute Gasteiger partial charge is 0.494 e. The lowest BCUT2D eigenvalue weighted by atomic mass is 10.1. The highest BCUT2D eigenvalue weighted by Crippen LogP contribution is 2.38. The van der Waals surface area contributed by atoms with Crippen LogP contribution in [0.3, 0.4) is 0 Å². The van der Waals surface area contributed by atoms with E-state index in [-0.39, 0.29) is 5.91 Å². The summed E-state index contributed by atoms with van der Waals surface area (Å²) in [6, 6.07) is 12.0. The van der Waals surface area contributed by atoms with Crippen LogP contribution in [0.4, 0.5) is 5.13 Å². The third-order valence-electron chi connectivity index (χ3n) is 5.36. The van der Waals surface area contributed by atoms with E-state index in [2.05, 4.69) is 36.1 Å². The fourth-order valence-electron chi connectivity index (χ4n) is 3.57. The molecular formula is C22H24ClN3O2S. The number of carbonyl (C=O) groups excluding carboxylic acids is 1. The van der Waals surface area contributed by atoms with Gasteiger partial charge in [0.05, 0.1) is 23.3 Å². The fraction of sp³-hybridized carbons (Fsp3) is 0.364. The Hall–Kier alpha value is -2.31. The molecule has 1 saturated heterocycles. The first-order chi connectivity index (χ1) is 14.1. The lowest BCUT2D eigenvalue weighted by Gasteiger charge is -2.34. The van der Waals surface area contributed by atoms with Crippen LogP contribution in [0.1, 0.15) is 18.1 Å². The summed E-state index contributed by atoms with van der Waals surface area (Å²) in [4.78, 5) is 21.6. The number of thiazole rings is 1. The summed E-state index contributed by atoms with van der Waals surface area (Å²) in [6.07, 6.45) is 1.47. The smallest absolute Gasteiger partial charge is 0.227 e. The summed E-state index contributed by atoms with van der Waals surface area (Å²) in [7, 11) is 1.64. The zero-order chi connectivity index (χ0) is 20.4. The number of aromatic nitrogens is 1. The Morgan fingerprint density at radius 3 is 2.45 bits per heavy atom. The number of halogens is 1. The predicted molar refractivity (Wildman–Crippen MR) is 119 cm³/mol. The summed E-state index contributed by atoms with van der Waals surface area (Å²) in [5.41, 5.74) is 3.17. The molecule has 4 rings (SSSR count). The van der Waals surface area contributed by atoms with Gasteiger partial charge in [0, 0.05) is 26.2 Å². The monoisotopic (exact) mass is 429 g/mol. The number of rotatable bonds is 5. The van der Waals surface area contributed by atoms with Gasteiger partial charge in [-0.3, -0.25) is 4.79 Å². The van der Waals surface area contributed by atoms with Gasteiger partial charge in [-0.15, -0.1) is 0 Å². The summed E-state index contributed by atoms with van der Waals surface area (Å²) < 4.78 is 6.36. The molecule has 2 aromatic carbocycles. The number of carbonyl (C=O) groups is 1. The third-order valence-corrected chi connectivity index (χ3v) is 6.93. The van der Waals surface area contributed by atoms with E-state index in [1.807, 2.05) is 17.0 Å². The lowest BCUT2D eigenvalue weighted by molar-refractivity contribution is -0.130. The first-order valence-corrected chi connectivity index (χ1v) is 11.0. The first kappa shape index (κ1) is 20.0. The Bertz CT molecular complexity index is 1010. The van der Waals surface area contributed by atoms with Crippen molar-refractivity contribution in [1.82, 2.24) is 9.88 Å². The average Bonchev–Trinajstić information content (AvgIpc) is 3.21. The molecule has 1 aromatic heterocycles. The van der Waals surface area contributed by atoms with Crippen LogP contribution in [0, 0.1) is 0 Å². The van der Waals surface area contributed by atoms with Crippen molar-refractivity contribution in [2.45, 2.75) is 19.8 Å². The summed E-state index contributed by atoms with van der Waals surface area (Å²) in [5.74, 6) is 0.915. The molecule has 0 aliphatic carbocycles. The maximum Gasteiger partial charge on any atom is 0.227 e. The Morgan fingerprint density at radius 2 is 1.79 bits per heavy atom. The van der Waals surface area contributed by atoms with E-state index in [0.717, 1.165) is 46.2 Å². The van der Waals surface area contributed by atoms with Gasteiger partial charge in [-0.2, -0.15) is 0 Å². The number of ether oxygens (including phenoxy) is 1. The molecule has 0 saturated carbocycles. The second-order valence-corrected chi connectivity index (χ2v) is 8.52. The van der Waals surface area contributed by atoms with E-state index < -0.39 is 0 Å². The second kappa shape index (κ2) is 8.59. The molecule has 0 unspecified atom stereocenters. The van der Waals surface area contributed by atoms with Gasteiger partial charge in [-0.1, -0.05) is 54.1 Å². The van der Waals surface area contributed by atoms with Crippen LogP contribution in [-0.2, 0) is 17.6 Å². The van der Waals surface area contributed by atoms with E-state index in [4.69, 9.17) is 21.3 Å². The minimum atomic E-state index is 0.183. The minimum absolute atomic E-state index is 0.183. The molecule has 0 atom stereocenters. The van der Waals surface area contributed by atoms with Crippen molar-refractivity contribution in [2.24, 2.45) is 0 Å². The van der Waals surface area contributed by atoms with Gasteiger partial charge in [-0.25, -0.2) is 4.98 Å². The number of hydrogen-bond acceptors (Lipinski definition) is 5. The summed E-state index contributed by atoms with van der Waals surface area (Å²) in [6.45, 7) is 5.06. The number of nitrogens with zero attached hydrogens (tertiary/aromatic N) is 3. The highest BCUT2D eigenvalue weighted by molar-refractivity contribution is 7.22. The van der Waals surface area contributed by atoms with E-state index in [0.29, 0.717) is 24.5 Å². The number of benzene rings is 2. The second-order valence-electron chi connectivity index (χ2n) is 7.14. The molecule has 1 aliphatic heterocycles. The molecule has 2 heterocycles. The van der Waals surface area contributed by atoms with E-state index >= 15 is 0 Å². The Morgan fingerprint density at radius 1 is 1.10 bits per heavy atom. The van der Waals surface area contributed by atoms with Crippen LogP contribution in [0.5, 0.6) is 5.75 Å². The number of methoxy groups -OCH3 is 1. The fourth-order valence-corrected chi connectivity index (χ4v) is 4.88. The molecule has 1 aliphatic rings. The van der Waals surface area contributed by atoms with Crippen molar-refractivity contribution < 1.29 is 9.53 Å². The van der Waals surface area contributed by atoms with E-state index in [1.54, 1.807) is 18.4 Å². The SMILES string of the molecule is CCc1ccc(CC(=O)N2CCN(c3nc4c(OC)ccc(Cl)c4s3)CC2)cc1. The number of hydrogen-bond donors (Lipinski definition) is 0. The number of amides is 1. The van der Waals surface area contributed by atoms with E-state index in [9.17, 15) is 4.79 Å². The van der Waals surface area contributed by atoms with Crippen molar-refractivity contribution in [3.8, 4) is 5.75 Å². The van der Waals surface area contributed by atoms with Crippen molar-refractivity contribution >= 4 is 44.2 Å². The van der Waals surface area contributed by atoms with Crippen molar-refractivity contribution in [3.63, 3.8) is 0 Å². The van der Waals surface area contributed by atoms with Crippen molar-refractivity contribution in [1.29, 1.82) is 0 Å². The summed E-state index contributed by atoms with van der Waals surface area (Å²) in [5, 5.41) is 1.61. The Kier molecular flexibility index (Phi) is 5.92. The normalized spacial score (nSPS) is 14.4. The highest BCUT2D eigenvalue weighted by atomic mass is 35.5. The third kappa shape index (κ3) is 4.19. The molecule has 1 amide bonds. The highest BCUT2D eigenvalue weighted by Gasteiger charge is 2.24. The standard InChI is InChI=1S/C22H24ClN3O2S/c1-3-15-4-6-16(7-5-15)14-19(27)25-10-12-26(13-11-25)22-24-20-18(28-2)9-8-17(23)21(20)29-22/h4-9H,3,10-14H2,1-2H3. The number of aryl methyl sites for hydroxylation is 1. The molecule has 0 spiro atoms. The number of piperazine rings is 1. The quantitative estimate of drug-likeness (QED) is 0.602. The van der Waals surface area contributed by atoms with Crippen molar-refractivity contribution in [2.75, 3.05) is 38.2 Å². The molecule has 5 nitrogen and oxygen atoms in total. The van der Waals surface area contributed by atoms with Gasteiger partial charge in [0.25, 0.3) is 0 Å². The minimum Gasteiger partial charge on any atom is -0.494 e. The molecule has 152 valence electrons. The van der Waals surface area contributed by atoms with Crippen LogP contribution < -0.4 is 9.64 Å². The lowest BCUT2D eigenvalue weighted by Crippen LogP contribution is -2.49. The van der Waals surface area contributed by atoms with Gasteiger partial charge in [-0.05, 0) is 29.7 Å².